The number of aromatic amines is 2. The van der Waals surface area contributed by atoms with Crippen LogP contribution in [0.25, 0.3) is 16.6 Å². The molecule has 32 heavy (non-hydrogen) atoms. The summed E-state index contributed by atoms with van der Waals surface area (Å²) in [5, 5.41) is 15.8. The Morgan fingerprint density at radius 2 is 1.84 bits per heavy atom. The Kier molecular flexibility index (Phi) is 4.86. The molecule has 8 heteroatoms. The van der Waals surface area contributed by atoms with Crippen LogP contribution in [-0.2, 0) is 6.42 Å². The number of nitrogens with zero attached hydrogens (tertiary/aromatic N) is 1. The molecule has 0 saturated heterocycles. The molecule has 4 aromatic rings. The summed E-state index contributed by atoms with van der Waals surface area (Å²) < 4.78 is 6.28. The molecule has 2 aromatic carbocycles. The van der Waals surface area contributed by atoms with Crippen molar-refractivity contribution in [3.63, 3.8) is 0 Å². The third-order valence-corrected chi connectivity index (χ3v) is 6.22. The van der Waals surface area contributed by atoms with E-state index in [0.29, 0.717) is 11.4 Å². The number of hydrogen-bond acceptors (Lipinski definition) is 5. The molecule has 0 saturated carbocycles. The lowest BCUT2D eigenvalue weighted by atomic mass is 9.90. The zero-order valence-corrected chi connectivity index (χ0v) is 17.8. The lowest BCUT2D eigenvalue weighted by Gasteiger charge is -2.31. The Labute approximate surface area is 183 Å². The van der Waals surface area contributed by atoms with Gasteiger partial charge in [-0.25, -0.2) is 9.36 Å². The number of aromatic hydroxyl groups is 1. The minimum atomic E-state index is -0.707. The number of H-pyrrole nitrogens is 2. The van der Waals surface area contributed by atoms with Gasteiger partial charge in [0.2, 0.25) is 5.88 Å². The molecular formula is C24H24N4O4. The summed E-state index contributed by atoms with van der Waals surface area (Å²) in [5.74, 6) is 0.233. The number of rotatable bonds is 4. The van der Waals surface area contributed by atoms with E-state index in [9.17, 15) is 14.7 Å². The maximum atomic E-state index is 13.0. The lowest BCUT2D eigenvalue weighted by Crippen LogP contribution is -2.43. The number of benzene rings is 2. The van der Waals surface area contributed by atoms with Gasteiger partial charge < -0.3 is 20.1 Å². The predicted molar refractivity (Wildman–Crippen MR) is 122 cm³/mol. The van der Waals surface area contributed by atoms with Crippen LogP contribution in [0.3, 0.4) is 0 Å². The standard InChI is InChI=1S/C24H24N4O4/c1-3-13-12-17-16-6-4-5-7-18(16)26-20(17)21(25-13)19-22(29)27-24(31)28(23(19)30)14-8-10-15(32-2)11-9-14/h4-11,13,21,25-26,30H,3,12H2,1-2H3,(H,27,29,31)/t13-,21+/m0/s1. The number of para-hydroxylation sites is 1. The minimum Gasteiger partial charge on any atom is -0.497 e. The maximum absolute atomic E-state index is 13.0. The molecule has 4 N–H and O–H groups in total. The van der Waals surface area contributed by atoms with E-state index < -0.39 is 17.3 Å². The van der Waals surface area contributed by atoms with Gasteiger partial charge in [-0.05, 0) is 48.7 Å². The number of nitrogens with one attached hydrogen (secondary N) is 3. The molecule has 0 fully saturated rings. The van der Waals surface area contributed by atoms with Crippen molar-refractivity contribution in [2.45, 2.75) is 31.8 Å². The summed E-state index contributed by atoms with van der Waals surface area (Å²) in [5.41, 5.74) is 2.13. The van der Waals surface area contributed by atoms with Gasteiger partial charge in [0.15, 0.2) is 0 Å². The van der Waals surface area contributed by atoms with Crippen molar-refractivity contribution in [2.24, 2.45) is 0 Å². The van der Waals surface area contributed by atoms with Crippen LogP contribution in [0.15, 0.2) is 58.1 Å². The van der Waals surface area contributed by atoms with Gasteiger partial charge >= 0.3 is 5.69 Å². The smallest absolute Gasteiger partial charge is 0.335 e. The van der Waals surface area contributed by atoms with Gasteiger partial charge in [-0.1, -0.05) is 25.1 Å². The van der Waals surface area contributed by atoms with Crippen molar-refractivity contribution in [1.82, 2.24) is 19.9 Å². The Morgan fingerprint density at radius 1 is 1.09 bits per heavy atom. The lowest BCUT2D eigenvalue weighted by molar-refractivity contribution is 0.384. The van der Waals surface area contributed by atoms with E-state index in [1.165, 1.54) is 0 Å². The molecule has 1 aliphatic rings. The molecule has 164 valence electrons. The second-order valence-electron chi connectivity index (χ2n) is 8.00. The first-order chi connectivity index (χ1) is 15.5. The number of fused-ring (bicyclic) bond motifs is 3. The molecule has 0 spiro atoms. The van der Waals surface area contributed by atoms with Gasteiger partial charge in [0, 0.05) is 22.6 Å². The fraction of sp³-hybridized carbons (Fsp3) is 0.250. The molecule has 1 aliphatic heterocycles. The zero-order valence-electron chi connectivity index (χ0n) is 17.8. The van der Waals surface area contributed by atoms with Crippen LogP contribution in [0, 0.1) is 0 Å². The molecule has 0 bridgehead atoms. The Hall–Kier alpha value is -3.78. The molecule has 8 nitrogen and oxygen atoms in total. The van der Waals surface area contributed by atoms with Gasteiger partial charge in [0.25, 0.3) is 5.56 Å². The van der Waals surface area contributed by atoms with Gasteiger partial charge in [-0.2, -0.15) is 0 Å². The first-order valence-corrected chi connectivity index (χ1v) is 10.6. The number of hydrogen-bond donors (Lipinski definition) is 4. The molecule has 2 atom stereocenters. The topological polar surface area (TPSA) is 112 Å². The maximum Gasteiger partial charge on any atom is 0.335 e. The fourth-order valence-electron chi connectivity index (χ4n) is 4.57. The van der Waals surface area contributed by atoms with Crippen molar-refractivity contribution < 1.29 is 9.84 Å². The molecule has 5 rings (SSSR count). The van der Waals surface area contributed by atoms with Gasteiger partial charge in [-0.15, -0.1) is 0 Å². The summed E-state index contributed by atoms with van der Waals surface area (Å²) >= 11 is 0. The fourth-order valence-corrected chi connectivity index (χ4v) is 4.57. The van der Waals surface area contributed by atoms with Crippen LogP contribution in [0.2, 0.25) is 0 Å². The average Bonchev–Trinajstić information content (AvgIpc) is 3.18. The Balaban J connectivity index is 1.73. The average molecular weight is 432 g/mol. The summed E-state index contributed by atoms with van der Waals surface area (Å²) in [6.07, 6.45) is 1.66. The highest BCUT2D eigenvalue weighted by molar-refractivity contribution is 5.85. The van der Waals surface area contributed by atoms with Crippen molar-refractivity contribution >= 4 is 10.9 Å². The van der Waals surface area contributed by atoms with Gasteiger partial charge in [-0.3, -0.25) is 9.78 Å². The number of aromatic nitrogens is 3. The SMILES string of the molecule is CC[C@H]1Cc2c([nH]c3ccccc23)[C@@H](c2c(O)n(-c3ccc(OC)cc3)c(=O)[nH]c2=O)N1. The van der Waals surface area contributed by atoms with E-state index in [0.717, 1.165) is 39.6 Å². The highest BCUT2D eigenvalue weighted by Crippen LogP contribution is 2.37. The first-order valence-electron chi connectivity index (χ1n) is 10.6. The largest absolute Gasteiger partial charge is 0.497 e. The molecular weight excluding hydrogens is 408 g/mol. The van der Waals surface area contributed by atoms with E-state index in [2.05, 4.69) is 28.3 Å². The van der Waals surface area contributed by atoms with Crippen molar-refractivity contribution in [3.05, 3.63) is 86.2 Å². The van der Waals surface area contributed by atoms with E-state index in [4.69, 9.17) is 4.74 Å². The first kappa shape index (κ1) is 20.1. The van der Waals surface area contributed by atoms with Crippen LogP contribution < -0.4 is 21.3 Å². The highest BCUT2D eigenvalue weighted by atomic mass is 16.5. The normalized spacial score (nSPS) is 17.9. The van der Waals surface area contributed by atoms with Crippen molar-refractivity contribution in [1.29, 1.82) is 0 Å². The van der Waals surface area contributed by atoms with E-state index >= 15 is 0 Å². The molecule has 0 radical (unpaired) electrons. The van der Waals surface area contributed by atoms with Gasteiger partial charge in [0.05, 0.1) is 18.8 Å². The van der Waals surface area contributed by atoms with Crippen LogP contribution in [-0.4, -0.2) is 32.8 Å². The molecule has 0 unspecified atom stereocenters. The molecule has 0 amide bonds. The summed E-state index contributed by atoms with van der Waals surface area (Å²) in [6, 6.07) is 14.2. The summed E-state index contributed by atoms with van der Waals surface area (Å²) in [7, 11) is 1.55. The summed E-state index contributed by atoms with van der Waals surface area (Å²) in [4.78, 5) is 31.4. The third-order valence-electron chi connectivity index (χ3n) is 6.22. The number of methoxy groups -OCH3 is 1. The molecule has 2 aromatic heterocycles. The quantitative estimate of drug-likeness (QED) is 0.396. The van der Waals surface area contributed by atoms with Crippen molar-refractivity contribution in [2.75, 3.05) is 7.11 Å². The van der Waals surface area contributed by atoms with Crippen LogP contribution >= 0.6 is 0 Å². The van der Waals surface area contributed by atoms with E-state index in [1.807, 2.05) is 18.2 Å². The second-order valence-corrected chi connectivity index (χ2v) is 8.00. The molecule has 3 heterocycles. The van der Waals surface area contributed by atoms with E-state index in [-0.39, 0.29) is 17.5 Å². The molecule has 0 aliphatic carbocycles. The van der Waals surface area contributed by atoms with Crippen molar-refractivity contribution in [3.8, 4) is 17.3 Å². The van der Waals surface area contributed by atoms with Crippen LogP contribution in [0.1, 0.15) is 36.2 Å². The Morgan fingerprint density at radius 3 is 2.56 bits per heavy atom. The van der Waals surface area contributed by atoms with E-state index in [1.54, 1.807) is 31.4 Å². The Bertz CT molecular complexity index is 1410. The third kappa shape index (κ3) is 3.11. The highest BCUT2D eigenvalue weighted by Gasteiger charge is 2.34. The number of ether oxygens (including phenoxy) is 1. The van der Waals surface area contributed by atoms with Crippen LogP contribution in [0.5, 0.6) is 11.6 Å². The second kappa shape index (κ2) is 7.72. The zero-order chi connectivity index (χ0) is 22.4. The summed E-state index contributed by atoms with van der Waals surface area (Å²) in [6.45, 7) is 2.08. The van der Waals surface area contributed by atoms with Gasteiger partial charge in [0.1, 0.15) is 11.3 Å². The predicted octanol–water partition coefficient (Wildman–Crippen LogP) is 2.73. The minimum absolute atomic E-state index is 0.103. The van der Waals surface area contributed by atoms with Crippen LogP contribution in [0.4, 0.5) is 0 Å². The monoisotopic (exact) mass is 432 g/mol.